The number of carbonyl (C=O) groups is 2. The molecular formula is C41H36F8N8O3S. The highest BCUT2D eigenvalue weighted by Crippen LogP contribution is 2.60. The Hall–Kier alpha value is -5.47. The second-order valence-electron chi connectivity index (χ2n) is 16.0. The number of alkyl halides is 5. The first-order chi connectivity index (χ1) is 28.9. The van der Waals surface area contributed by atoms with Gasteiger partial charge in [0.1, 0.15) is 29.7 Å². The number of allylic oxidation sites excluding steroid dienone is 2. The normalized spacial score (nSPS) is 22.8. The summed E-state index contributed by atoms with van der Waals surface area (Å²) in [4.78, 5) is 40.5. The van der Waals surface area contributed by atoms with E-state index in [1.54, 1.807) is 6.07 Å². The molecule has 2 unspecified atom stereocenters. The second kappa shape index (κ2) is 14.9. The molecule has 2 aliphatic heterocycles. The summed E-state index contributed by atoms with van der Waals surface area (Å²) in [7, 11) is 0. The Labute approximate surface area is 346 Å². The van der Waals surface area contributed by atoms with E-state index in [1.165, 1.54) is 29.5 Å². The van der Waals surface area contributed by atoms with E-state index in [2.05, 4.69) is 34.1 Å². The molecule has 0 bridgehead atoms. The van der Waals surface area contributed by atoms with E-state index in [0.717, 1.165) is 24.3 Å². The summed E-state index contributed by atoms with van der Waals surface area (Å²) in [6, 6.07) is 7.00. The number of piperazine rings is 1. The van der Waals surface area contributed by atoms with Crippen molar-refractivity contribution in [3.63, 3.8) is 0 Å². The number of ether oxygens (including phenoxy) is 1. The minimum atomic E-state index is -5.11. The fourth-order valence-electron chi connectivity index (χ4n) is 9.12. The van der Waals surface area contributed by atoms with Gasteiger partial charge in [-0.3, -0.25) is 19.2 Å². The van der Waals surface area contributed by atoms with E-state index in [9.17, 15) is 35.9 Å². The van der Waals surface area contributed by atoms with Gasteiger partial charge < -0.3 is 20.7 Å². The number of fused-ring (bicyclic) bond motifs is 4. The standard InChI is InChI=1S/C41H36F8N8O3S/c1-18-13-55(14-19(2)57(18)24-16-60-17-24)39-53-38-31(61-39)12-26(21-3-6-29(44)27(10-21)37(50)59)34(52-38)30(9-20-7-22(42)11-23(43)8-20)51-32(58)15-56-36-33(35(54-56)41(47,48)49)25-4-5-28(25)40(36,45)46/h3-8,10-12,18-19,24-25,28,30H,9,13-17H2,1-2H3,(H2,50,59)(H,51,58)/t18?,19?,25-,28+,30-/m0/s1. The van der Waals surface area contributed by atoms with Crippen molar-refractivity contribution in [2.24, 2.45) is 11.7 Å². The molecular weight excluding hydrogens is 837 g/mol. The number of thiazole rings is 1. The summed E-state index contributed by atoms with van der Waals surface area (Å²) >= 11 is 1.30. The molecule has 2 amide bonds. The van der Waals surface area contributed by atoms with E-state index in [-0.39, 0.29) is 46.5 Å². The molecule has 3 N–H and O–H groups in total. The summed E-state index contributed by atoms with van der Waals surface area (Å²) in [5.74, 6) is -11.6. The van der Waals surface area contributed by atoms with E-state index in [4.69, 9.17) is 20.4 Å². The van der Waals surface area contributed by atoms with Crippen LogP contribution in [0.5, 0.6) is 0 Å². The number of primary amides is 1. The number of pyridine rings is 1. The predicted molar refractivity (Wildman–Crippen MR) is 206 cm³/mol. The van der Waals surface area contributed by atoms with Gasteiger partial charge in [-0.25, -0.2) is 18.2 Å². The molecule has 2 fully saturated rings. The van der Waals surface area contributed by atoms with Gasteiger partial charge in [0.25, 0.3) is 11.8 Å². The number of nitrogens with two attached hydrogens (primary N) is 1. The lowest BCUT2D eigenvalue weighted by atomic mass is 9.81. The number of hydrogen-bond acceptors (Lipinski definition) is 9. The minimum absolute atomic E-state index is 0.00446. The van der Waals surface area contributed by atoms with Gasteiger partial charge in [0.2, 0.25) is 5.91 Å². The first kappa shape index (κ1) is 40.9. The fourth-order valence-corrected chi connectivity index (χ4v) is 10.1. The van der Waals surface area contributed by atoms with Crippen molar-refractivity contribution in [1.29, 1.82) is 0 Å². The topological polar surface area (TPSA) is 132 Å². The zero-order valence-corrected chi connectivity index (χ0v) is 33.1. The molecule has 2 saturated heterocycles. The predicted octanol–water partition coefficient (Wildman–Crippen LogP) is 6.86. The van der Waals surface area contributed by atoms with Crippen molar-refractivity contribution >= 4 is 38.6 Å². The monoisotopic (exact) mass is 872 g/mol. The van der Waals surface area contributed by atoms with Crippen LogP contribution in [0.1, 0.15) is 64.4 Å². The molecule has 3 aromatic heterocycles. The number of amides is 2. The van der Waals surface area contributed by atoms with Gasteiger partial charge in [-0.2, -0.15) is 32.0 Å². The molecule has 2 aliphatic carbocycles. The first-order valence-corrected chi connectivity index (χ1v) is 20.2. The summed E-state index contributed by atoms with van der Waals surface area (Å²) in [6.45, 7) is 5.66. The molecule has 2 aromatic carbocycles. The van der Waals surface area contributed by atoms with Gasteiger partial charge in [0, 0.05) is 48.3 Å². The van der Waals surface area contributed by atoms with Gasteiger partial charge in [-0.1, -0.05) is 29.6 Å². The van der Waals surface area contributed by atoms with E-state index < -0.39 is 88.3 Å². The average molecular weight is 873 g/mol. The van der Waals surface area contributed by atoms with E-state index in [0.29, 0.717) is 52.9 Å². The maximum absolute atomic E-state index is 15.6. The molecule has 61 heavy (non-hydrogen) atoms. The lowest BCUT2D eigenvalue weighted by Crippen LogP contribution is -2.64. The molecule has 9 rings (SSSR count). The van der Waals surface area contributed by atoms with Crippen molar-refractivity contribution in [3.8, 4) is 11.1 Å². The van der Waals surface area contributed by atoms with Crippen molar-refractivity contribution in [3.05, 3.63) is 106 Å². The van der Waals surface area contributed by atoms with Gasteiger partial charge in [-0.15, -0.1) is 0 Å². The maximum Gasteiger partial charge on any atom is 0.435 e. The van der Waals surface area contributed by atoms with E-state index in [1.807, 2.05) is 0 Å². The van der Waals surface area contributed by atoms with Crippen LogP contribution in [-0.2, 0) is 34.6 Å². The number of carbonyl (C=O) groups excluding carboxylic acids is 2. The van der Waals surface area contributed by atoms with Crippen molar-refractivity contribution in [2.75, 3.05) is 31.2 Å². The quantitative estimate of drug-likeness (QED) is 0.115. The Bertz CT molecular complexity index is 2590. The molecule has 0 spiro atoms. The van der Waals surface area contributed by atoms with Crippen LogP contribution in [-0.4, -0.2) is 80.9 Å². The third-order valence-electron chi connectivity index (χ3n) is 11.8. The smallest absolute Gasteiger partial charge is 0.378 e. The summed E-state index contributed by atoms with van der Waals surface area (Å²) < 4.78 is 124. The number of rotatable bonds is 10. The van der Waals surface area contributed by atoms with Crippen molar-refractivity contribution in [2.45, 2.75) is 69.0 Å². The second-order valence-corrected chi connectivity index (χ2v) is 17.0. The molecule has 0 saturated carbocycles. The van der Waals surface area contributed by atoms with Gasteiger partial charge in [-0.05, 0) is 61.7 Å². The highest BCUT2D eigenvalue weighted by Gasteiger charge is 2.61. The lowest BCUT2D eigenvalue weighted by Gasteiger charge is -2.50. The molecule has 0 radical (unpaired) electrons. The molecule has 20 heteroatoms. The number of anilines is 1. The number of benzene rings is 2. The Morgan fingerprint density at radius 3 is 2.31 bits per heavy atom. The summed E-state index contributed by atoms with van der Waals surface area (Å²) in [5, 5.41) is 6.71. The van der Waals surface area contributed by atoms with Crippen molar-refractivity contribution < 1.29 is 49.4 Å². The van der Waals surface area contributed by atoms with Gasteiger partial charge in [0.05, 0.1) is 47.2 Å². The van der Waals surface area contributed by atoms with Crippen LogP contribution in [0.25, 0.3) is 21.5 Å². The number of aromatic nitrogens is 4. The fraction of sp³-hybridized carbons (Fsp3) is 0.390. The van der Waals surface area contributed by atoms with Crippen LogP contribution in [0.15, 0.2) is 54.6 Å². The Morgan fingerprint density at radius 2 is 1.70 bits per heavy atom. The van der Waals surface area contributed by atoms with Crippen LogP contribution in [0.2, 0.25) is 0 Å². The molecule has 320 valence electrons. The number of nitrogens with zero attached hydrogens (tertiary/aromatic N) is 6. The highest BCUT2D eigenvalue weighted by molar-refractivity contribution is 7.22. The minimum Gasteiger partial charge on any atom is -0.378 e. The molecule has 5 heterocycles. The van der Waals surface area contributed by atoms with Gasteiger partial charge >= 0.3 is 6.18 Å². The Balaban J connectivity index is 1.14. The number of nitrogens with one attached hydrogen (secondary N) is 1. The number of halogens is 8. The van der Waals surface area contributed by atoms with Crippen molar-refractivity contribution in [1.82, 2.24) is 30.0 Å². The van der Waals surface area contributed by atoms with E-state index >= 15 is 8.78 Å². The first-order valence-electron chi connectivity index (χ1n) is 19.4. The van der Waals surface area contributed by atoms with Crippen LogP contribution >= 0.6 is 11.3 Å². The molecule has 5 atom stereocenters. The van der Waals surface area contributed by atoms with Crippen LogP contribution < -0.4 is 16.0 Å². The van der Waals surface area contributed by atoms with Crippen LogP contribution in [0, 0.1) is 23.4 Å². The molecule has 5 aromatic rings. The third kappa shape index (κ3) is 7.20. The average Bonchev–Trinajstić information content (AvgIpc) is 3.76. The Kier molecular flexibility index (Phi) is 9.97. The molecule has 11 nitrogen and oxygen atoms in total. The largest absolute Gasteiger partial charge is 0.435 e. The summed E-state index contributed by atoms with van der Waals surface area (Å²) in [6.07, 6.45) is -3.15. The van der Waals surface area contributed by atoms with Gasteiger partial charge in [0.15, 0.2) is 16.5 Å². The lowest BCUT2D eigenvalue weighted by molar-refractivity contribution is -0.142. The zero-order chi connectivity index (χ0) is 43.3. The van der Waals surface area contributed by atoms with Crippen LogP contribution in [0.3, 0.4) is 0 Å². The molecule has 4 aliphatic rings. The Morgan fingerprint density at radius 1 is 1.00 bits per heavy atom. The highest BCUT2D eigenvalue weighted by atomic mass is 32.1. The SMILES string of the molecule is CC1CN(c2nc3nc([C@H](Cc4cc(F)cc(F)c4)NC(=O)Cn4nc(C(F)(F)F)c5c4C(F)(F)[C@@H]4C=C[C@H]54)c(-c4ccc(F)c(C(N)=O)c4)cc3s2)CC(C)N1C1COC1. The zero-order valence-electron chi connectivity index (χ0n) is 32.3. The summed E-state index contributed by atoms with van der Waals surface area (Å²) in [5.41, 5.74) is 2.34. The third-order valence-corrected chi connectivity index (χ3v) is 12.9. The maximum atomic E-state index is 15.6. The number of hydrogen-bond donors (Lipinski definition) is 2. The van der Waals surface area contributed by atoms with Crippen LogP contribution in [0.4, 0.5) is 40.3 Å².